The van der Waals surface area contributed by atoms with Gasteiger partial charge in [0.25, 0.3) is 0 Å². The Morgan fingerprint density at radius 2 is 2.06 bits per heavy atom. The Labute approximate surface area is 99.9 Å². The molecule has 0 radical (unpaired) electrons. The number of rotatable bonds is 3. The zero-order chi connectivity index (χ0) is 12.3. The largest absolute Gasteiger partial charge is 0.462 e. The third kappa shape index (κ3) is 2.36. The second-order valence-electron chi connectivity index (χ2n) is 3.61. The van der Waals surface area contributed by atoms with Gasteiger partial charge in [-0.25, -0.2) is 9.78 Å². The van der Waals surface area contributed by atoms with E-state index in [9.17, 15) is 4.79 Å². The van der Waals surface area contributed by atoms with E-state index in [4.69, 9.17) is 4.74 Å². The fraction of sp³-hybridized carbons (Fsp3) is 0.231. The highest BCUT2D eigenvalue weighted by molar-refractivity contribution is 5.89. The van der Waals surface area contributed by atoms with Crippen LogP contribution >= 0.6 is 0 Å². The van der Waals surface area contributed by atoms with Gasteiger partial charge in [0.05, 0.1) is 12.2 Å². The molecule has 0 bridgehead atoms. The van der Waals surface area contributed by atoms with Crippen molar-refractivity contribution in [3.8, 4) is 5.69 Å². The number of ether oxygens (including phenoxy) is 1. The number of hydrogen-bond acceptors (Lipinski definition) is 3. The maximum absolute atomic E-state index is 11.5. The minimum Gasteiger partial charge on any atom is -0.462 e. The van der Waals surface area contributed by atoms with Crippen molar-refractivity contribution in [2.45, 2.75) is 13.8 Å². The lowest BCUT2D eigenvalue weighted by atomic mass is 10.2. The van der Waals surface area contributed by atoms with Crippen molar-refractivity contribution in [3.05, 3.63) is 48.0 Å². The summed E-state index contributed by atoms with van der Waals surface area (Å²) >= 11 is 0. The molecule has 17 heavy (non-hydrogen) atoms. The molecule has 0 atom stereocenters. The van der Waals surface area contributed by atoms with Crippen LogP contribution in [0.2, 0.25) is 0 Å². The highest BCUT2D eigenvalue weighted by Crippen LogP contribution is 2.12. The Hall–Kier alpha value is -2.10. The van der Waals surface area contributed by atoms with E-state index >= 15 is 0 Å². The quantitative estimate of drug-likeness (QED) is 0.760. The van der Waals surface area contributed by atoms with E-state index in [-0.39, 0.29) is 5.97 Å². The zero-order valence-corrected chi connectivity index (χ0v) is 9.88. The van der Waals surface area contributed by atoms with Crippen LogP contribution in [-0.2, 0) is 4.74 Å². The van der Waals surface area contributed by atoms with E-state index in [2.05, 4.69) is 4.98 Å². The van der Waals surface area contributed by atoms with Gasteiger partial charge in [-0.15, -0.1) is 0 Å². The number of aryl methyl sites for hydroxylation is 1. The van der Waals surface area contributed by atoms with Crippen molar-refractivity contribution in [1.82, 2.24) is 9.55 Å². The van der Waals surface area contributed by atoms with Gasteiger partial charge in [0, 0.05) is 18.1 Å². The number of aromatic nitrogens is 2. The number of imidazole rings is 1. The Kier molecular flexibility index (Phi) is 3.23. The SMILES string of the molecule is CCOC(=O)c1ccc(-n2ccnc2C)cc1. The first-order valence-electron chi connectivity index (χ1n) is 5.50. The van der Waals surface area contributed by atoms with Crippen molar-refractivity contribution >= 4 is 5.97 Å². The molecule has 4 heteroatoms. The van der Waals surface area contributed by atoms with Gasteiger partial charge < -0.3 is 9.30 Å². The number of esters is 1. The van der Waals surface area contributed by atoms with Crippen LogP contribution in [0.25, 0.3) is 5.69 Å². The molecule has 0 amide bonds. The van der Waals surface area contributed by atoms with Gasteiger partial charge in [0.1, 0.15) is 5.82 Å². The molecule has 1 aromatic heterocycles. The highest BCUT2D eigenvalue weighted by Gasteiger charge is 2.06. The van der Waals surface area contributed by atoms with Gasteiger partial charge in [-0.05, 0) is 38.1 Å². The molecule has 0 unspecified atom stereocenters. The standard InChI is InChI=1S/C13H14N2O2/c1-3-17-13(16)11-4-6-12(7-5-11)15-9-8-14-10(15)2/h4-9H,3H2,1-2H3. The highest BCUT2D eigenvalue weighted by atomic mass is 16.5. The van der Waals surface area contributed by atoms with Crippen LogP contribution in [0.1, 0.15) is 23.1 Å². The van der Waals surface area contributed by atoms with Gasteiger partial charge >= 0.3 is 5.97 Å². The molecule has 0 aliphatic carbocycles. The van der Waals surface area contributed by atoms with E-state index in [1.165, 1.54) is 0 Å². The van der Waals surface area contributed by atoms with Crippen LogP contribution in [-0.4, -0.2) is 22.1 Å². The van der Waals surface area contributed by atoms with Crippen LogP contribution < -0.4 is 0 Å². The lowest BCUT2D eigenvalue weighted by molar-refractivity contribution is 0.0526. The molecular weight excluding hydrogens is 216 g/mol. The van der Waals surface area contributed by atoms with Gasteiger partial charge in [0.2, 0.25) is 0 Å². The molecule has 0 saturated heterocycles. The third-order valence-corrected chi connectivity index (χ3v) is 2.48. The fourth-order valence-electron chi connectivity index (χ4n) is 1.62. The van der Waals surface area contributed by atoms with E-state index in [1.54, 1.807) is 25.3 Å². The molecule has 4 nitrogen and oxygen atoms in total. The van der Waals surface area contributed by atoms with E-state index in [1.807, 2.05) is 29.8 Å². The molecule has 0 saturated carbocycles. The van der Waals surface area contributed by atoms with E-state index in [0.717, 1.165) is 11.5 Å². The smallest absolute Gasteiger partial charge is 0.338 e. The van der Waals surface area contributed by atoms with E-state index in [0.29, 0.717) is 12.2 Å². The summed E-state index contributed by atoms with van der Waals surface area (Å²) in [7, 11) is 0. The number of carbonyl (C=O) groups excluding carboxylic acids is 1. The Balaban J connectivity index is 2.25. The second-order valence-corrected chi connectivity index (χ2v) is 3.61. The average Bonchev–Trinajstić information content (AvgIpc) is 2.76. The Bertz CT molecular complexity index is 514. The molecule has 2 rings (SSSR count). The molecule has 2 aromatic rings. The summed E-state index contributed by atoms with van der Waals surface area (Å²) in [6.45, 7) is 4.11. The summed E-state index contributed by atoms with van der Waals surface area (Å²) < 4.78 is 6.88. The monoisotopic (exact) mass is 230 g/mol. The first-order valence-corrected chi connectivity index (χ1v) is 5.50. The van der Waals surface area contributed by atoms with Gasteiger partial charge in [-0.1, -0.05) is 0 Å². The maximum Gasteiger partial charge on any atom is 0.338 e. The topological polar surface area (TPSA) is 44.1 Å². The van der Waals surface area contributed by atoms with Crippen molar-refractivity contribution in [1.29, 1.82) is 0 Å². The number of benzene rings is 1. The molecule has 1 heterocycles. The average molecular weight is 230 g/mol. The predicted octanol–water partition coefficient (Wildman–Crippen LogP) is 2.36. The fourth-order valence-corrected chi connectivity index (χ4v) is 1.62. The third-order valence-electron chi connectivity index (χ3n) is 2.48. The molecule has 0 aliphatic rings. The molecule has 0 aliphatic heterocycles. The van der Waals surface area contributed by atoms with Crippen molar-refractivity contribution in [3.63, 3.8) is 0 Å². The molecule has 0 fully saturated rings. The van der Waals surface area contributed by atoms with Crippen LogP contribution in [0.15, 0.2) is 36.7 Å². The number of hydrogen-bond donors (Lipinski definition) is 0. The molecule has 0 spiro atoms. The summed E-state index contributed by atoms with van der Waals surface area (Å²) in [6, 6.07) is 7.27. The van der Waals surface area contributed by atoms with Crippen molar-refractivity contribution in [2.75, 3.05) is 6.61 Å². The zero-order valence-electron chi connectivity index (χ0n) is 9.88. The summed E-state index contributed by atoms with van der Waals surface area (Å²) in [6.07, 6.45) is 3.63. The van der Waals surface area contributed by atoms with Gasteiger partial charge in [0.15, 0.2) is 0 Å². The normalized spacial score (nSPS) is 10.2. The Morgan fingerprint density at radius 1 is 1.35 bits per heavy atom. The predicted molar refractivity (Wildman–Crippen MR) is 64.3 cm³/mol. The van der Waals surface area contributed by atoms with Crippen LogP contribution in [0.5, 0.6) is 0 Å². The number of nitrogens with zero attached hydrogens (tertiary/aromatic N) is 2. The lowest BCUT2D eigenvalue weighted by Gasteiger charge is -2.06. The van der Waals surface area contributed by atoms with Crippen LogP contribution in [0.3, 0.4) is 0 Å². The first-order chi connectivity index (χ1) is 8.22. The first kappa shape index (κ1) is 11.4. The van der Waals surface area contributed by atoms with E-state index < -0.39 is 0 Å². The molecule has 0 N–H and O–H groups in total. The summed E-state index contributed by atoms with van der Waals surface area (Å²) in [5, 5.41) is 0. The van der Waals surface area contributed by atoms with Crippen molar-refractivity contribution in [2.24, 2.45) is 0 Å². The number of carbonyl (C=O) groups is 1. The Morgan fingerprint density at radius 3 is 2.59 bits per heavy atom. The summed E-state index contributed by atoms with van der Waals surface area (Å²) in [5.41, 5.74) is 1.54. The van der Waals surface area contributed by atoms with Crippen LogP contribution in [0, 0.1) is 6.92 Å². The van der Waals surface area contributed by atoms with Crippen LogP contribution in [0.4, 0.5) is 0 Å². The molecular formula is C13H14N2O2. The molecule has 88 valence electrons. The molecule has 1 aromatic carbocycles. The summed E-state index contributed by atoms with van der Waals surface area (Å²) in [5.74, 6) is 0.621. The van der Waals surface area contributed by atoms with Gasteiger partial charge in [-0.2, -0.15) is 0 Å². The summed E-state index contributed by atoms with van der Waals surface area (Å²) in [4.78, 5) is 15.6. The lowest BCUT2D eigenvalue weighted by Crippen LogP contribution is -2.04. The van der Waals surface area contributed by atoms with Crippen molar-refractivity contribution < 1.29 is 9.53 Å². The minimum absolute atomic E-state index is 0.290. The minimum atomic E-state index is -0.290. The maximum atomic E-state index is 11.5. The van der Waals surface area contributed by atoms with Gasteiger partial charge in [-0.3, -0.25) is 0 Å². The second kappa shape index (κ2) is 4.82.